The predicted octanol–water partition coefficient (Wildman–Crippen LogP) is 15.6. The lowest BCUT2D eigenvalue weighted by Crippen LogP contribution is -2.58. The Morgan fingerprint density at radius 3 is 0.817 bits per heavy atom. The SMILES string of the molecule is CN1CC(NC(=O)Nc2nc(-c3cc(Cl)c4[nH]ncc4c3)c(-c3ccccc3)nc2N)C1.CN1CCC(NC(=O)Nc2nc(-c3cc(Cl)c4[nH]ncc4c3)c(-c3ccccc3)nc2N)C1.Nc1nc(-c2ccccc2)c(-c2cc(Cl)c3[nH]ncc3c2)nc1NC(=O)NC1CCOCC1.Nc1nc(-c2ccccc2)c(-c2cc(Cl)c3[nH]ncc3c2)nc1NC(=O)NC1CCOCC1. The van der Waals surface area contributed by atoms with Gasteiger partial charge in [-0.1, -0.05) is 168 Å². The van der Waals surface area contributed by atoms with Crippen molar-refractivity contribution < 1.29 is 28.7 Å². The molecule has 1 unspecified atom stereocenters. The summed E-state index contributed by atoms with van der Waals surface area (Å²) in [5.41, 5.74) is 38.6. The summed E-state index contributed by atoms with van der Waals surface area (Å²) in [6.07, 6.45) is 10.7. The van der Waals surface area contributed by atoms with E-state index in [1.165, 1.54) is 0 Å². The third kappa shape index (κ3) is 20.8. The molecule has 4 aliphatic heterocycles. The summed E-state index contributed by atoms with van der Waals surface area (Å²) in [7, 11) is 4.02. The minimum atomic E-state index is -0.385. The van der Waals surface area contributed by atoms with Crippen LogP contribution in [0.25, 0.3) is 134 Å². The highest BCUT2D eigenvalue weighted by molar-refractivity contribution is 6.37. The van der Waals surface area contributed by atoms with Gasteiger partial charge in [0.15, 0.2) is 46.5 Å². The maximum Gasteiger partial charge on any atom is 0.320 e. The zero-order chi connectivity index (χ0) is 90.8. The van der Waals surface area contributed by atoms with Gasteiger partial charge in [0, 0.05) is 130 Å². The number of fused-ring (bicyclic) bond motifs is 4. The van der Waals surface area contributed by atoms with Gasteiger partial charge in [-0.25, -0.2) is 59.0 Å². The van der Waals surface area contributed by atoms with Crippen LogP contribution >= 0.6 is 46.4 Å². The molecule has 12 heterocycles. The quantitative estimate of drug-likeness (QED) is 0.0427. The van der Waals surface area contributed by atoms with Crippen molar-refractivity contribution in [2.45, 2.75) is 56.3 Å². The van der Waals surface area contributed by atoms with E-state index >= 15 is 0 Å². The van der Waals surface area contributed by atoms with Crippen molar-refractivity contribution in [3.63, 3.8) is 0 Å². The van der Waals surface area contributed by atoms with Gasteiger partial charge in [-0.15, -0.1) is 0 Å². The molecule has 4 aliphatic rings. The van der Waals surface area contributed by atoms with Crippen LogP contribution in [0.1, 0.15) is 32.1 Å². The number of likely N-dealkylation sites (N-methyl/N-ethyl adjacent to an activating group) is 2. The number of halogens is 4. The third-order valence-corrected chi connectivity index (χ3v) is 23.3. The Kier molecular flexibility index (Phi) is 26.9. The average Bonchev–Trinajstić information content (AvgIpc) is 1.78. The van der Waals surface area contributed by atoms with Crippen molar-refractivity contribution in [1.82, 2.24) is 112 Å². The molecule has 40 heteroatoms. The monoisotopic (exact) mass is 1840 g/mol. The van der Waals surface area contributed by atoms with E-state index in [9.17, 15) is 19.2 Å². The molecule has 0 spiro atoms. The minimum absolute atomic E-state index is 0.0401. The number of anilines is 8. The number of hydrogen-bond donors (Lipinski definition) is 16. The molecule has 8 aromatic carbocycles. The number of nitrogen functional groups attached to an aromatic ring is 4. The second-order valence-corrected chi connectivity index (χ2v) is 33.2. The van der Waals surface area contributed by atoms with Crippen molar-refractivity contribution in [2.24, 2.45) is 0 Å². The van der Waals surface area contributed by atoms with Gasteiger partial charge in [-0.05, 0) is 101 Å². The molecule has 16 aromatic rings. The van der Waals surface area contributed by atoms with Crippen molar-refractivity contribution in [3.8, 4) is 90.1 Å². The normalized spacial score (nSPS) is 14.8. The molecule has 0 saturated carbocycles. The molecule has 666 valence electrons. The summed E-state index contributed by atoms with van der Waals surface area (Å²) in [5.74, 6) is 1.24. The number of carbonyl (C=O) groups excluding carboxylic acids is 4. The topological polar surface area (TPSA) is 511 Å². The first-order valence-corrected chi connectivity index (χ1v) is 43.4. The van der Waals surface area contributed by atoms with Crippen LogP contribution in [0, 0.1) is 0 Å². The highest BCUT2D eigenvalue weighted by atomic mass is 35.5. The number of benzene rings is 8. The fourth-order valence-electron chi connectivity index (χ4n) is 15.6. The fourth-order valence-corrected chi connectivity index (χ4v) is 16.7. The van der Waals surface area contributed by atoms with Gasteiger partial charge in [-0.2, -0.15) is 20.4 Å². The van der Waals surface area contributed by atoms with Crippen LogP contribution in [0.3, 0.4) is 0 Å². The first kappa shape index (κ1) is 88.3. The number of carbonyl (C=O) groups is 4. The second-order valence-electron chi connectivity index (χ2n) is 31.6. The zero-order valence-corrected chi connectivity index (χ0v) is 73.5. The Balaban J connectivity index is 0.000000122. The Morgan fingerprint density at radius 1 is 0.321 bits per heavy atom. The van der Waals surface area contributed by atoms with Gasteiger partial charge in [-0.3, -0.25) is 41.7 Å². The van der Waals surface area contributed by atoms with Crippen LogP contribution in [0.4, 0.5) is 65.7 Å². The first-order valence-electron chi connectivity index (χ1n) is 41.9. The number of aromatic amines is 4. The third-order valence-electron chi connectivity index (χ3n) is 22.1. The van der Waals surface area contributed by atoms with Crippen LogP contribution < -0.4 is 65.5 Å². The van der Waals surface area contributed by atoms with E-state index in [1.807, 2.05) is 160 Å². The lowest BCUT2D eigenvalue weighted by atomic mass is 10.0. The van der Waals surface area contributed by atoms with Crippen molar-refractivity contribution in [1.29, 1.82) is 0 Å². The Labute approximate surface area is 768 Å². The smallest absolute Gasteiger partial charge is 0.320 e. The summed E-state index contributed by atoms with van der Waals surface area (Å²) in [6.45, 7) is 5.85. The summed E-state index contributed by atoms with van der Waals surface area (Å²) < 4.78 is 10.7. The highest BCUT2D eigenvalue weighted by Crippen LogP contribution is 2.42. The maximum atomic E-state index is 12.6. The summed E-state index contributed by atoms with van der Waals surface area (Å²) in [4.78, 5) is 91.9. The molecule has 36 nitrogen and oxygen atoms in total. The molecule has 8 aromatic heterocycles. The van der Waals surface area contributed by atoms with E-state index in [-0.39, 0.29) is 94.8 Å². The molecule has 20 rings (SSSR count). The Hall–Kier alpha value is -14.8. The van der Waals surface area contributed by atoms with E-state index in [2.05, 4.69) is 113 Å². The van der Waals surface area contributed by atoms with E-state index in [1.54, 1.807) is 49.1 Å². The van der Waals surface area contributed by atoms with Gasteiger partial charge >= 0.3 is 24.1 Å². The molecule has 4 saturated heterocycles. The van der Waals surface area contributed by atoms with Gasteiger partial charge in [0.2, 0.25) is 0 Å². The number of ether oxygens (including phenoxy) is 2. The Bertz CT molecular complexity index is 6390. The van der Waals surface area contributed by atoms with Crippen LogP contribution in [-0.2, 0) is 9.47 Å². The lowest BCUT2D eigenvalue weighted by molar-refractivity contribution is 0.0804. The number of aromatic nitrogens is 16. The number of urea groups is 4. The van der Waals surface area contributed by atoms with Crippen LogP contribution in [0.5, 0.6) is 0 Å². The van der Waals surface area contributed by atoms with E-state index in [0.717, 1.165) is 146 Å². The average molecular weight is 1840 g/mol. The van der Waals surface area contributed by atoms with Crippen molar-refractivity contribution >= 4 is 161 Å². The van der Waals surface area contributed by atoms with Gasteiger partial charge in [0.05, 0.1) is 119 Å². The molecule has 131 heavy (non-hydrogen) atoms. The summed E-state index contributed by atoms with van der Waals surface area (Å²) in [6, 6.07) is 52.1. The standard InChI is InChI=1S/C23H23ClN8O.2C23H22ClN7O2.C22H21ClN8O/c1-32-8-7-16(12-32)27-23(33)30-22-21(25)28-19(13-5-3-2-4-6-13)20(29-22)14-9-15-11-26-31-18(15)17(24)10-14;2*24-17-11-14(10-15-12-26-31-18(15)17)20-19(13-4-2-1-3-5-13)28-21(25)22(29-20)30-23(32)27-16-6-8-33-9-7-16;1-31-10-15(11-31)26-22(32)29-21-20(24)27-18(12-5-3-2-4-6-12)19(28-21)13-7-14-9-25-30-17(14)16(23)8-13/h2-6,9-11,16H,7-8,12H2,1H3,(H2,25,28)(H,26,31)(H2,27,29,30,33);2*1-5,10-12,16H,6-9H2,(H2,25,28)(H,26,31)(H2,27,29,30,32);2-9,15H,10-11H2,1H3,(H2,24,27)(H,25,30)(H2,26,28,29,32). The second kappa shape index (κ2) is 39.9. The van der Waals surface area contributed by atoms with Crippen LogP contribution in [-0.4, -0.2) is 205 Å². The number of nitrogens with two attached hydrogens (primary N) is 4. The number of rotatable bonds is 16. The zero-order valence-electron chi connectivity index (χ0n) is 70.5. The minimum Gasteiger partial charge on any atom is -0.381 e. The first-order chi connectivity index (χ1) is 63.6. The molecular formula is C91H88Cl4N30O6. The van der Waals surface area contributed by atoms with Gasteiger partial charge in [0.25, 0.3) is 0 Å². The molecule has 4 fully saturated rings. The lowest BCUT2D eigenvalue weighted by Gasteiger charge is -2.36. The highest BCUT2D eigenvalue weighted by Gasteiger charge is 2.30. The number of H-pyrrole nitrogens is 4. The number of likely N-dealkylation sites (tertiary alicyclic amines) is 2. The number of hydrogen-bond acceptors (Lipinski definition) is 24. The summed E-state index contributed by atoms with van der Waals surface area (Å²) in [5, 5.41) is 56.0. The predicted molar refractivity (Wildman–Crippen MR) is 511 cm³/mol. The van der Waals surface area contributed by atoms with E-state index in [4.69, 9.17) is 98.7 Å². The van der Waals surface area contributed by atoms with Gasteiger partial charge < -0.3 is 63.5 Å². The molecule has 8 amide bonds. The van der Waals surface area contributed by atoms with Crippen molar-refractivity contribution in [3.05, 3.63) is 215 Å². The fraction of sp³-hybridized carbons (Fsp3) is 0.209. The molecular weight excluding hydrogens is 1750 g/mol. The van der Waals surface area contributed by atoms with E-state index < -0.39 is 0 Å². The maximum absolute atomic E-state index is 12.6. The van der Waals surface area contributed by atoms with Gasteiger partial charge in [0.1, 0.15) is 0 Å². The summed E-state index contributed by atoms with van der Waals surface area (Å²) >= 11 is 25.9. The largest absolute Gasteiger partial charge is 0.381 e. The number of nitrogens with zero attached hydrogens (tertiary/aromatic N) is 14. The number of nitrogens with one attached hydrogen (secondary N) is 12. The molecule has 1 atom stereocenters. The number of amides is 8. The molecule has 0 aliphatic carbocycles. The molecule has 20 N–H and O–H groups in total. The molecule has 0 radical (unpaired) electrons. The van der Waals surface area contributed by atoms with Crippen molar-refractivity contribution in [2.75, 3.05) is 111 Å². The molecule has 0 bridgehead atoms. The van der Waals surface area contributed by atoms with Crippen LogP contribution in [0.2, 0.25) is 20.1 Å². The van der Waals surface area contributed by atoms with E-state index in [0.29, 0.717) is 92.1 Å². The van der Waals surface area contributed by atoms with Crippen LogP contribution in [0.15, 0.2) is 195 Å². The Morgan fingerprint density at radius 2 is 0.565 bits per heavy atom.